The Hall–Kier alpha value is -5.08. The van der Waals surface area contributed by atoms with Crippen LogP contribution in [0, 0.1) is 0 Å². The van der Waals surface area contributed by atoms with E-state index in [1.807, 2.05) is 24.3 Å². The molecule has 0 radical (unpaired) electrons. The van der Waals surface area contributed by atoms with Gasteiger partial charge in [0, 0.05) is 0 Å². The van der Waals surface area contributed by atoms with Crippen molar-refractivity contribution < 1.29 is 10.2 Å². The predicted molar refractivity (Wildman–Crippen MR) is 178 cm³/mol. The van der Waals surface area contributed by atoms with Crippen molar-refractivity contribution in [3.8, 4) is 33.8 Å². The van der Waals surface area contributed by atoms with Gasteiger partial charge >= 0.3 is 0 Å². The van der Waals surface area contributed by atoms with Gasteiger partial charge in [-0.3, -0.25) is 0 Å². The Labute approximate surface area is 244 Å². The summed E-state index contributed by atoms with van der Waals surface area (Å²) >= 11 is 0. The zero-order valence-corrected chi connectivity index (χ0v) is 23.9. The molecule has 2 N–H and O–H groups in total. The first-order valence-electron chi connectivity index (χ1n) is 14.5. The molecule has 202 valence electrons. The molecule has 8 rings (SSSR count). The first-order valence-corrected chi connectivity index (χ1v) is 14.5. The first-order chi connectivity index (χ1) is 20.3. The Kier molecular flexibility index (Phi) is 5.12. The number of rotatable bonds is 2. The molecule has 0 aromatic heterocycles. The number of phenols is 2. The minimum atomic E-state index is -0.0231. The van der Waals surface area contributed by atoms with Crippen molar-refractivity contribution in [1.82, 2.24) is 0 Å². The van der Waals surface area contributed by atoms with Crippen LogP contribution >= 0.6 is 0 Å². The van der Waals surface area contributed by atoms with Crippen molar-refractivity contribution in [2.24, 2.45) is 0 Å². The summed E-state index contributed by atoms with van der Waals surface area (Å²) in [7, 11) is 0. The molecule has 0 aliphatic carbocycles. The third-order valence-electron chi connectivity index (χ3n) is 8.86. The summed E-state index contributed by atoms with van der Waals surface area (Å²) in [4.78, 5) is 0. The lowest BCUT2D eigenvalue weighted by atomic mass is 9.79. The number of hydrogen-bond acceptors (Lipinski definition) is 2. The second-order valence-electron chi connectivity index (χ2n) is 12.5. The number of fused-ring (bicyclic) bond motifs is 4. The lowest BCUT2D eigenvalue weighted by Crippen LogP contribution is -2.11. The van der Waals surface area contributed by atoms with Gasteiger partial charge in [-0.25, -0.2) is 0 Å². The van der Waals surface area contributed by atoms with Crippen molar-refractivity contribution in [2.75, 3.05) is 0 Å². The average Bonchev–Trinajstić information content (AvgIpc) is 2.99. The zero-order valence-electron chi connectivity index (χ0n) is 23.9. The van der Waals surface area contributed by atoms with Gasteiger partial charge in [0.2, 0.25) is 0 Å². The maximum Gasteiger partial charge on any atom is 0.115 e. The fourth-order valence-electron chi connectivity index (χ4n) is 6.76. The molecule has 0 fully saturated rings. The molecule has 0 atom stereocenters. The lowest BCUT2D eigenvalue weighted by Gasteiger charge is -2.24. The molecule has 2 heteroatoms. The molecule has 8 aromatic rings. The molecule has 8 aromatic carbocycles. The van der Waals surface area contributed by atoms with Crippen LogP contribution < -0.4 is 0 Å². The largest absolute Gasteiger partial charge is 0.508 e. The fraction of sp³-hybridized carbons (Fsp3) is 0.100. The molecular weight excluding hydrogens is 512 g/mol. The van der Waals surface area contributed by atoms with E-state index in [1.165, 1.54) is 59.4 Å². The van der Waals surface area contributed by atoms with Gasteiger partial charge < -0.3 is 10.2 Å². The number of aromatic hydroxyl groups is 2. The van der Waals surface area contributed by atoms with Crippen LogP contribution in [0.15, 0.2) is 115 Å². The standard InChI is InChI=1S/C40H30O2/c1-40(2,3)29-18-27-21-33(24-10-14-30(41)15-11-24)35-20-26-9-8-23-6-4-5-7-32(23)37(26)38-34(25-12-16-31(42)17-13-25)22-28(19-29)36(27)39(35)38/h4-22,41-42H,1-3H3. The molecule has 0 heterocycles. The van der Waals surface area contributed by atoms with Crippen LogP contribution in [-0.4, -0.2) is 10.2 Å². The van der Waals surface area contributed by atoms with Gasteiger partial charge in [0.25, 0.3) is 0 Å². The van der Waals surface area contributed by atoms with E-state index in [9.17, 15) is 10.2 Å². The van der Waals surface area contributed by atoms with E-state index in [4.69, 9.17) is 0 Å². The van der Waals surface area contributed by atoms with E-state index in [0.29, 0.717) is 0 Å². The molecule has 0 unspecified atom stereocenters. The summed E-state index contributed by atoms with van der Waals surface area (Å²) in [5.41, 5.74) is 5.72. The Morgan fingerprint density at radius 2 is 1.00 bits per heavy atom. The monoisotopic (exact) mass is 542 g/mol. The summed E-state index contributed by atoms with van der Waals surface area (Å²) < 4.78 is 0. The van der Waals surface area contributed by atoms with E-state index < -0.39 is 0 Å². The maximum absolute atomic E-state index is 10.2. The summed E-state index contributed by atoms with van der Waals surface area (Å²) in [5, 5.41) is 32.5. The molecular formula is C40H30O2. The van der Waals surface area contributed by atoms with Gasteiger partial charge in [-0.05, 0) is 130 Å². The number of benzene rings is 8. The first kappa shape index (κ1) is 24.7. The van der Waals surface area contributed by atoms with Crippen LogP contribution in [0.25, 0.3) is 76.1 Å². The maximum atomic E-state index is 10.2. The molecule has 0 amide bonds. The van der Waals surface area contributed by atoms with Crippen LogP contribution in [0.5, 0.6) is 11.5 Å². The second-order valence-corrected chi connectivity index (χ2v) is 12.5. The van der Waals surface area contributed by atoms with E-state index in [0.717, 1.165) is 22.3 Å². The van der Waals surface area contributed by atoms with Gasteiger partial charge in [-0.1, -0.05) is 93.6 Å². The van der Waals surface area contributed by atoms with Crippen LogP contribution in [0.3, 0.4) is 0 Å². The van der Waals surface area contributed by atoms with Crippen molar-refractivity contribution in [1.29, 1.82) is 0 Å². The van der Waals surface area contributed by atoms with Gasteiger partial charge in [0.15, 0.2) is 0 Å². The zero-order chi connectivity index (χ0) is 28.7. The van der Waals surface area contributed by atoms with Crippen molar-refractivity contribution >= 4 is 53.9 Å². The topological polar surface area (TPSA) is 40.5 Å². The molecule has 0 saturated carbocycles. The highest BCUT2D eigenvalue weighted by Gasteiger charge is 2.23. The molecule has 0 spiro atoms. The third kappa shape index (κ3) is 3.65. The van der Waals surface area contributed by atoms with Crippen LogP contribution in [0.4, 0.5) is 0 Å². The van der Waals surface area contributed by atoms with Gasteiger partial charge in [0.1, 0.15) is 11.5 Å². The smallest absolute Gasteiger partial charge is 0.115 e. The molecule has 0 bridgehead atoms. The summed E-state index contributed by atoms with van der Waals surface area (Å²) in [6.07, 6.45) is 0. The molecule has 2 nitrogen and oxygen atoms in total. The molecule has 42 heavy (non-hydrogen) atoms. The normalized spacial score (nSPS) is 12.4. The van der Waals surface area contributed by atoms with Gasteiger partial charge in [-0.2, -0.15) is 0 Å². The number of phenolic OH excluding ortho intramolecular Hbond substituents is 2. The molecule has 0 aliphatic rings. The third-order valence-corrected chi connectivity index (χ3v) is 8.86. The highest BCUT2D eigenvalue weighted by Crippen LogP contribution is 2.49. The summed E-state index contributed by atoms with van der Waals surface area (Å²) in [6.45, 7) is 6.80. The van der Waals surface area contributed by atoms with Crippen molar-refractivity contribution in [3.05, 3.63) is 121 Å². The van der Waals surface area contributed by atoms with E-state index in [1.54, 1.807) is 24.3 Å². The highest BCUT2D eigenvalue weighted by atomic mass is 16.3. The Morgan fingerprint density at radius 1 is 0.429 bits per heavy atom. The highest BCUT2D eigenvalue weighted by molar-refractivity contribution is 6.37. The number of hydrogen-bond donors (Lipinski definition) is 2. The van der Waals surface area contributed by atoms with E-state index in [2.05, 4.69) is 87.5 Å². The SMILES string of the molecule is CC(C)(C)c1cc2cc(-c3ccc(O)cc3)c3cc4ccc5ccccc5c4c4c(-c5ccc(O)cc5)cc(c1)c2c34. The average molecular weight is 543 g/mol. The second kappa shape index (κ2) is 8.71. The summed E-state index contributed by atoms with van der Waals surface area (Å²) in [6, 6.07) is 40.0. The Morgan fingerprint density at radius 3 is 1.64 bits per heavy atom. The van der Waals surface area contributed by atoms with Crippen LogP contribution in [-0.2, 0) is 5.41 Å². The van der Waals surface area contributed by atoms with Crippen molar-refractivity contribution in [2.45, 2.75) is 26.2 Å². The minimum Gasteiger partial charge on any atom is -0.508 e. The minimum absolute atomic E-state index is 0.0231. The quantitative estimate of drug-likeness (QED) is 0.168. The Bertz CT molecular complexity index is 2300. The van der Waals surface area contributed by atoms with E-state index >= 15 is 0 Å². The van der Waals surface area contributed by atoms with Crippen LogP contribution in [0.1, 0.15) is 26.3 Å². The summed E-state index contributed by atoms with van der Waals surface area (Å²) in [5.74, 6) is 0.522. The Balaban J connectivity index is 1.68. The van der Waals surface area contributed by atoms with Gasteiger partial charge in [0.05, 0.1) is 0 Å². The predicted octanol–water partition coefficient (Wildman–Crippen LogP) is 10.9. The lowest BCUT2D eigenvalue weighted by molar-refractivity contribution is 0.475. The molecule has 0 aliphatic heterocycles. The van der Waals surface area contributed by atoms with Gasteiger partial charge in [-0.15, -0.1) is 0 Å². The molecule has 0 saturated heterocycles. The fourth-order valence-corrected chi connectivity index (χ4v) is 6.76. The van der Waals surface area contributed by atoms with E-state index in [-0.39, 0.29) is 16.9 Å². The van der Waals surface area contributed by atoms with Crippen molar-refractivity contribution in [3.63, 3.8) is 0 Å². The van der Waals surface area contributed by atoms with Crippen LogP contribution in [0.2, 0.25) is 0 Å².